The van der Waals surface area contributed by atoms with Crippen LogP contribution in [-0.2, 0) is 11.2 Å². The first-order valence-electron chi connectivity index (χ1n) is 7.86. The highest BCUT2D eigenvalue weighted by atomic mass is 16.5. The lowest BCUT2D eigenvalue weighted by Gasteiger charge is -2.11. The van der Waals surface area contributed by atoms with E-state index in [0.29, 0.717) is 12.3 Å². The van der Waals surface area contributed by atoms with Crippen LogP contribution in [0.2, 0.25) is 0 Å². The van der Waals surface area contributed by atoms with Crippen molar-refractivity contribution in [1.82, 2.24) is 5.32 Å². The summed E-state index contributed by atoms with van der Waals surface area (Å²) in [5, 5.41) is 2.91. The fourth-order valence-corrected chi connectivity index (χ4v) is 2.42. The molecule has 2 rings (SSSR count). The summed E-state index contributed by atoms with van der Waals surface area (Å²) in [5.41, 5.74) is 2.92. The third-order valence-electron chi connectivity index (χ3n) is 3.74. The molecule has 0 aromatic heterocycles. The van der Waals surface area contributed by atoms with Gasteiger partial charge in [0.1, 0.15) is 11.5 Å². The van der Waals surface area contributed by atoms with Gasteiger partial charge in [0.25, 0.3) is 0 Å². The van der Waals surface area contributed by atoms with Gasteiger partial charge in [-0.05, 0) is 36.6 Å². The van der Waals surface area contributed by atoms with Crippen LogP contribution < -0.4 is 14.8 Å². The Kier molecular flexibility index (Phi) is 6.43. The summed E-state index contributed by atoms with van der Waals surface area (Å²) in [5.74, 6) is 1.29. The molecule has 24 heavy (non-hydrogen) atoms. The predicted octanol–water partition coefficient (Wildman–Crippen LogP) is 3.47. The van der Waals surface area contributed by atoms with Crippen molar-refractivity contribution < 1.29 is 14.3 Å². The van der Waals surface area contributed by atoms with Gasteiger partial charge in [-0.1, -0.05) is 30.3 Å². The van der Waals surface area contributed by atoms with Crippen LogP contribution in [0.1, 0.15) is 18.1 Å². The van der Waals surface area contributed by atoms with E-state index in [2.05, 4.69) is 17.4 Å². The van der Waals surface area contributed by atoms with Gasteiger partial charge in [-0.2, -0.15) is 0 Å². The van der Waals surface area contributed by atoms with Crippen molar-refractivity contribution in [2.24, 2.45) is 0 Å². The molecule has 0 aliphatic rings. The maximum Gasteiger partial charge on any atom is 0.244 e. The molecule has 2 aromatic rings. The number of methoxy groups -OCH3 is 2. The van der Waals surface area contributed by atoms with Crippen molar-refractivity contribution in [3.05, 3.63) is 65.7 Å². The SMILES string of the molecule is COc1ccc(/C(C)=C/C(=O)NCCc2ccccc2)c(OC)c1. The molecule has 0 aliphatic heterocycles. The fraction of sp³-hybridized carbons (Fsp3) is 0.250. The number of amides is 1. The van der Waals surface area contributed by atoms with Crippen LogP contribution in [0.15, 0.2) is 54.6 Å². The van der Waals surface area contributed by atoms with E-state index in [1.54, 1.807) is 26.4 Å². The van der Waals surface area contributed by atoms with Gasteiger partial charge in [0.15, 0.2) is 0 Å². The fourth-order valence-electron chi connectivity index (χ4n) is 2.42. The highest BCUT2D eigenvalue weighted by molar-refractivity contribution is 5.95. The summed E-state index contributed by atoms with van der Waals surface area (Å²) < 4.78 is 10.6. The molecule has 4 nitrogen and oxygen atoms in total. The number of carbonyl (C=O) groups is 1. The van der Waals surface area contributed by atoms with Gasteiger partial charge in [-0.15, -0.1) is 0 Å². The van der Waals surface area contributed by atoms with Crippen molar-refractivity contribution >= 4 is 11.5 Å². The molecule has 0 aliphatic carbocycles. The number of allylic oxidation sites excluding steroid dienone is 1. The van der Waals surface area contributed by atoms with Crippen LogP contribution in [0.4, 0.5) is 0 Å². The van der Waals surface area contributed by atoms with Crippen LogP contribution in [-0.4, -0.2) is 26.7 Å². The number of carbonyl (C=O) groups excluding carboxylic acids is 1. The smallest absolute Gasteiger partial charge is 0.244 e. The molecule has 0 heterocycles. The van der Waals surface area contributed by atoms with Gasteiger partial charge >= 0.3 is 0 Å². The molecule has 1 N–H and O–H groups in total. The van der Waals surface area contributed by atoms with Gasteiger partial charge in [-0.3, -0.25) is 4.79 Å². The first-order chi connectivity index (χ1) is 11.6. The molecule has 0 saturated carbocycles. The predicted molar refractivity (Wildman–Crippen MR) is 96.4 cm³/mol. The quantitative estimate of drug-likeness (QED) is 0.793. The molecule has 4 heteroatoms. The Balaban J connectivity index is 1.98. The van der Waals surface area contributed by atoms with E-state index in [-0.39, 0.29) is 5.91 Å². The monoisotopic (exact) mass is 325 g/mol. The maximum atomic E-state index is 12.1. The highest BCUT2D eigenvalue weighted by Gasteiger charge is 2.08. The van der Waals surface area contributed by atoms with E-state index in [9.17, 15) is 4.79 Å². The molecule has 0 atom stereocenters. The van der Waals surface area contributed by atoms with Crippen LogP contribution >= 0.6 is 0 Å². The van der Waals surface area contributed by atoms with Crippen LogP contribution in [0.5, 0.6) is 11.5 Å². The lowest BCUT2D eigenvalue weighted by Crippen LogP contribution is -2.23. The molecule has 126 valence electrons. The van der Waals surface area contributed by atoms with Crippen molar-refractivity contribution in [2.75, 3.05) is 20.8 Å². The second-order valence-electron chi connectivity index (χ2n) is 5.42. The van der Waals surface area contributed by atoms with Crippen LogP contribution in [0, 0.1) is 0 Å². The van der Waals surface area contributed by atoms with E-state index in [1.165, 1.54) is 5.56 Å². The second-order valence-corrected chi connectivity index (χ2v) is 5.42. The number of ether oxygens (including phenoxy) is 2. The highest BCUT2D eigenvalue weighted by Crippen LogP contribution is 2.29. The molecule has 0 bridgehead atoms. The number of hydrogen-bond donors (Lipinski definition) is 1. The van der Waals surface area contributed by atoms with Crippen molar-refractivity contribution in [3.8, 4) is 11.5 Å². The zero-order chi connectivity index (χ0) is 17.4. The molecule has 0 saturated heterocycles. The van der Waals surface area contributed by atoms with Crippen molar-refractivity contribution in [2.45, 2.75) is 13.3 Å². The number of rotatable bonds is 7. The molecule has 0 spiro atoms. The van der Waals surface area contributed by atoms with E-state index >= 15 is 0 Å². The van der Waals surface area contributed by atoms with Crippen LogP contribution in [0.3, 0.4) is 0 Å². The summed E-state index contributed by atoms with van der Waals surface area (Å²) in [6.07, 6.45) is 2.40. The summed E-state index contributed by atoms with van der Waals surface area (Å²) >= 11 is 0. The van der Waals surface area contributed by atoms with Crippen LogP contribution in [0.25, 0.3) is 5.57 Å². The summed E-state index contributed by atoms with van der Waals surface area (Å²) in [7, 11) is 3.21. The Morgan fingerprint density at radius 2 is 1.83 bits per heavy atom. The minimum atomic E-state index is -0.110. The number of benzene rings is 2. The zero-order valence-electron chi connectivity index (χ0n) is 14.3. The van der Waals surface area contributed by atoms with Crippen molar-refractivity contribution in [3.63, 3.8) is 0 Å². The largest absolute Gasteiger partial charge is 0.497 e. The molecule has 1 amide bonds. The van der Waals surface area contributed by atoms with Gasteiger partial charge in [-0.25, -0.2) is 0 Å². The minimum absolute atomic E-state index is 0.110. The molecular weight excluding hydrogens is 302 g/mol. The van der Waals surface area contributed by atoms with E-state index in [0.717, 1.165) is 23.3 Å². The molecular formula is C20H23NO3. The molecule has 0 fully saturated rings. The maximum absolute atomic E-state index is 12.1. The normalized spacial score (nSPS) is 11.0. The Morgan fingerprint density at radius 1 is 1.08 bits per heavy atom. The van der Waals surface area contributed by atoms with E-state index in [1.807, 2.05) is 37.3 Å². The third kappa shape index (κ3) is 4.88. The number of nitrogens with one attached hydrogen (secondary N) is 1. The zero-order valence-corrected chi connectivity index (χ0v) is 14.3. The average molecular weight is 325 g/mol. The summed E-state index contributed by atoms with van der Waals surface area (Å²) in [6.45, 7) is 2.49. The van der Waals surface area contributed by atoms with Gasteiger partial charge < -0.3 is 14.8 Å². The first-order valence-corrected chi connectivity index (χ1v) is 7.86. The summed E-state index contributed by atoms with van der Waals surface area (Å²) in [6, 6.07) is 15.6. The third-order valence-corrected chi connectivity index (χ3v) is 3.74. The standard InChI is InChI=1S/C20H23NO3/c1-15(18-10-9-17(23-2)14-19(18)24-3)13-20(22)21-12-11-16-7-5-4-6-8-16/h4-10,13-14H,11-12H2,1-3H3,(H,21,22)/b15-13+. The number of hydrogen-bond acceptors (Lipinski definition) is 3. The van der Waals surface area contributed by atoms with E-state index < -0.39 is 0 Å². The second kappa shape index (κ2) is 8.77. The molecule has 0 radical (unpaired) electrons. The minimum Gasteiger partial charge on any atom is -0.497 e. The Labute approximate surface area is 143 Å². The van der Waals surface area contributed by atoms with Gasteiger partial charge in [0, 0.05) is 24.3 Å². The topological polar surface area (TPSA) is 47.6 Å². The lowest BCUT2D eigenvalue weighted by molar-refractivity contribution is -0.116. The average Bonchev–Trinajstić information content (AvgIpc) is 2.61. The summed E-state index contributed by atoms with van der Waals surface area (Å²) in [4.78, 5) is 12.1. The molecule has 2 aromatic carbocycles. The Bertz CT molecular complexity index is 708. The van der Waals surface area contributed by atoms with Gasteiger partial charge in [0.2, 0.25) is 5.91 Å². The Hall–Kier alpha value is -2.75. The lowest BCUT2D eigenvalue weighted by atomic mass is 10.1. The molecule has 0 unspecified atom stereocenters. The van der Waals surface area contributed by atoms with Gasteiger partial charge in [0.05, 0.1) is 14.2 Å². The Morgan fingerprint density at radius 3 is 2.50 bits per heavy atom. The first kappa shape index (κ1) is 17.6. The van der Waals surface area contributed by atoms with Crippen molar-refractivity contribution in [1.29, 1.82) is 0 Å². The van der Waals surface area contributed by atoms with E-state index in [4.69, 9.17) is 9.47 Å².